The van der Waals surface area contributed by atoms with Crippen LogP contribution in [0.2, 0.25) is 0 Å². The highest BCUT2D eigenvalue weighted by molar-refractivity contribution is 8.02. The number of hydrogen-bond acceptors (Lipinski definition) is 7. The first-order valence-electron chi connectivity index (χ1n) is 11.8. The molecule has 184 valence electrons. The Hall–Kier alpha value is -1.62. The van der Waals surface area contributed by atoms with Crippen LogP contribution in [-0.2, 0) is 19.1 Å². The van der Waals surface area contributed by atoms with Crippen LogP contribution >= 0.6 is 11.8 Å². The molecule has 2 bridgehead atoms. The highest BCUT2D eigenvalue weighted by Crippen LogP contribution is 2.71. The molecule has 4 rings (SSSR count). The van der Waals surface area contributed by atoms with Crippen molar-refractivity contribution in [2.24, 2.45) is 11.8 Å². The molecule has 2 unspecified atom stereocenters. The zero-order valence-corrected chi connectivity index (χ0v) is 20.3. The molecule has 0 aromatic rings. The molecule has 6 atom stereocenters. The number of carboxylic acid groups (broad SMARTS) is 1. The van der Waals surface area contributed by atoms with E-state index in [1.165, 1.54) is 16.7 Å². The molecule has 4 saturated heterocycles. The largest absolute Gasteiger partial charge is 0.481 e. The molecule has 9 nitrogen and oxygen atoms in total. The van der Waals surface area contributed by atoms with Gasteiger partial charge in [0.25, 0.3) is 0 Å². The van der Waals surface area contributed by atoms with Gasteiger partial charge in [-0.15, -0.1) is 18.3 Å². The normalized spacial score (nSPS) is 36.6. The molecule has 4 aliphatic rings. The Balaban J connectivity index is 1.66. The van der Waals surface area contributed by atoms with Crippen molar-refractivity contribution in [3.05, 3.63) is 12.7 Å². The van der Waals surface area contributed by atoms with Crippen molar-refractivity contribution in [2.75, 3.05) is 52.5 Å². The van der Waals surface area contributed by atoms with Crippen molar-refractivity contribution in [3.63, 3.8) is 0 Å². The molecular weight excluding hydrogens is 446 g/mol. The topological polar surface area (TPSA) is 111 Å². The van der Waals surface area contributed by atoms with Gasteiger partial charge in [-0.25, -0.2) is 0 Å². The molecule has 0 aliphatic carbocycles. The van der Waals surface area contributed by atoms with Crippen LogP contribution < -0.4 is 0 Å². The molecule has 4 fully saturated rings. The van der Waals surface area contributed by atoms with Crippen LogP contribution in [0.1, 0.15) is 26.7 Å². The van der Waals surface area contributed by atoms with E-state index in [0.29, 0.717) is 45.7 Å². The first-order valence-corrected chi connectivity index (χ1v) is 12.6. The second-order valence-electron chi connectivity index (χ2n) is 9.87. The Labute approximate surface area is 199 Å². The van der Waals surface area contributed by atoms with Gasteiger partial charge in [0.05, 0.1) is 42.4 Å². The first-order chi connectivity index (χ1) is 15.7. The molecule has 33 heavy (non-hydrogen) atoms. The summed E-state index contributed by atoms with van der Waals surface area (Å²) in [4.78, 5) is 45.5. The molecule has 2 amide bonds. The number of ether oxygens (including phenoxy) is 1. The summed E-state index contributed by atoms with van der Waals surface area (Å²) in [6.45, 7) is 11.7. The molecule has 0 aromatic carbocycles. The van der Waals surface area contributed by atoms with Gasteiger partial charge in [0.15, 0.2) is 0 Å². The second-order valence-corrected chi connectivity index (χ2v) is 11.8. The number of likely N-dealkylation sites (tertiary alicyclic amines) is 1. The zero-order chi connectivity index (χ0) is 24.0. The van der Waals surface area contributed by atoms with Crippen LogP contribution in [-0.4, -0.2) is 117 Å². The fourth-order valence-electron chi connectivity index (χ4n) is 6.29. The third-order valence-electron chi connectivity index (χ3n) is 7.90. The smallest absolute Gasteiger partial charge is 0.308 e. The van der Waals surface area contributed by atoms with Crippen LogP contribution in [0.25, 0.3) is 0 Å². The summed E-state index contributed by atoms with van der Waals surface area (Å²) in [6.07, 6.45) is 2.95. The summed E-state index contributed by atoms with van der Waals surface area (Å²) in [5.41, 5.74) is 0. The summed E-state index contributed by atoms with van der Waals surface area (Å²) in [5, 5.41) is 19.9. The first kappa shape index (κ1) is 24.5. The summed E-state index contributed by atoms with van der Waals surface area (Å²) in [6, 6.07) is -1.36. The highest BCUT2D eigenvalue weighted by Gasteiger charge is 2.77. The van der Waals surface area contributed by atoms with Crippen molar-refractivity contribution < 1.29 is 29.3 Å². The Kier molecular flexibility index (Phi) is 6.83. The van der Waals surface area contributed by atoms with Gasteiger partial charge in [0.2, 0.25) is 11.8 Å². The maximum atomic E-state index is 14.1. The Morgan fingerprint density at radius 1 is 1.36 bits per heavy atom. The van der Waals surface area contributed by atoms with Crippen LogP contribution in [0.5, 0.6) is 0 Å². The van der Waals surface area contributed by atoms with Crippen LogP contribution in [0.4, 0.5) is 0 Å². The third kappa shape index (κ3) is 3.88. The Bertz CT molecular complexity index is 820. The zero-order valence-electron chi connectivity index (χ0n) is 19.4. The van der Waals surface area contributed by atoms with Crippen molar-refractivity contribution in [2.45, 2.75) is 48.3 Å². The van der Waals surface area contributed by atoms with E-state index in [0.717, 1.165) is 13.1 Å². The van der Waals surface area contributed by atoms with Crippen molar-refractivity contribution in [1.82, 2.24) is 14.7 Å². The standard InChI is InChI=1S/C23H35N3O6S/c1-4-7-25(9-8-24-10-12-32-13-11-24)20(29)18-23-6-5-22(3,33-23)17(21(30)31)16(23)19(28)26(18)15(2)14-27/h4,15-18,27H,1,5-14H2,2-3H3,(H,30,31)/t15-,16+,17-,18?,22+,23?/m1/s1. The fraction of sp³-hybridized carbons (Fsp3) is 0.783. The average Bonchev–Trinajstić information content (AvgIpc) is 3.37. The van der Waals surface area contributed by atoms with Crippen molar-refractivity contribution >= 4 is 29.5 Å². The van der Waals surface area contributed by atoms with Crippen LogP contribution in [0, 0.1) is 11.8 Å². The number of carbonyl (C=O) groups excluding carboxylic acids is 2. The van der Waals surface area contributed by atoms with E-state index in [1.54, 1.807) is 17.9 Å². The number of carbonyl (C=O) groups is 3. The number of carboxylic acids is 1. The minimum atomic E-state index is -0.982. The Morgan fingerprint density at radius 3 is 2.67 bits per heavy atom. The molecule has 4 aliphatic heterocycles. The fourth-order valence-corrected chi connectivity index (χ4v) is 8.62. The number of nitrogens with zero attached hydrogens (tertiary/aromatic N) is 3. The van der Waals surface area contributed by atoms with Gasteiger partial charge in [-0.3, -0.25) is 19.3 Å². The van der Waals surface area contributed by atoms with Gasteiger partial charge < -0.3 is 24.7 Å². The SMILES string of the molecule is C=CCN(CCN1CCOCC1)C(=O)C1N([C@H](C)CO)C(=O)[C@@H]2[C@H](C(=O)O)[C@]3(C)CCC12S3. The third-order valence-corrected chi connectivity index (χ3v) is 9.89. The van der Waals surface area contributed by atoms with E-state index >= 15 is 0 Å². The highest BCUT2D eigenvalue weighted by atomic mass is 32.2. The molecule has 1 spiro atoms. The minimum absolute atomic E-state index is 0.179. The number of aliphatic hydroxyl groups excluding tert-OH is 1. The molecule has 4 heterocycles. The predicted octanol–water partition coefficient (Wildman–Crippen LogP) is 0.280. The lowest BCUT2D eigenvalue weighted by molar-refractivity contribution is -0.151. The number of fused-ring (bicyclic) bond motifs is 1. The number of aliphatic carboxylic acids is 1. The van der Waals surface area contributed by atoms with Gasteiger partial charge >= 0.3 is 5.97 Å². The summed E-state index contributed by atoms with van der Waals surface area (Å²) >= 11 is 1.52. The summed E-state index contributed by atoms with van der Waals surface area (Å²) in [5.74, 6) is -3.07. The molecular formula is C23H35N3O6S. The van der Waals surface area contributed by atoms with Crippen LogP contribution in [0.15, 0.2) is 12.7 Å². The quantitative estimate of drug-likeness (QED) is 0.452. The van der Waals surface area contributed by atoms with Gasteiger partial charge in [-0.05, 0) is 26.7 Å². The lowest BCUT2D eigenvalue weighted by Gasteiger charge is -2.39. The maximum absolute atomic E-state index is 14.1. The Morgan fingerprint density at radius 2 is 2.06 bits per heavy atom. The van der Waals surface area contributed by atoms with Gasteiger partial charge in [-0.2, -0.15) is 0 Å². The molecule has 0 saturated carbocycles. The van der Waals surface area contributed by atoms with Gasteiger partial charge in [-0.1, -0.05) is 6.08 Å². The summed E-state index contributed by atoms with van der Waals surface area (Å²) in [7, 11) is 0. The predicted molar refractivity (Wildman–Crippen MR) is 124 cm³/mol. The van der Waals surface area contributed by atoms with E-state index < -0.39 is 39.4 Å². The minimum Gasteiger partial charge on any atom is -0.481 e. The number of morpholine rings is 1. The lowest BCUT2D eigenvalue weighted by atomic mass is 9.66. The number of thioether (sulfide) groups is 1. The molecule has 0 aromatic heterocycles. The molecule has 2 N–H and O–H groups in total. The second kappa shape index (κ2) is 9.20. The lowest BCUT2D eigenvalue weighted by Crippen LogP contribution is -2.57. The molecule has 0 radical (unpaired) electrons. The number of aliphatic hydroxyl groups is 1. The summed E-state index contributed by atoms with van der Waals surface area (Å²) < 4.78 is 4.05. The van der Waals surface area contributed by atoms with E-state index in [1.807, 2.05) is 6.92 Å². The van der Waals surface area contributed by atoms with Crippen molar-refractivity contribution in [1.29, 1.82) is 0 Å². The van der Waals surface area contributed by atoms with E-state index in [4.69, 9.17) is 4.74 Å². The maximum Gasteiger partial charge on any atom is 0.308 e. The van der Waals surface area contributed by atoms with E-state index in [-0.39, 0.29) is 18.4 Å². The monoisotopic (exact) mass is 481 g/mol. The number of rotatable bonds is 9. The van der Waals surface area contributed by atoms with Gasteiger partial charge in [0.1, 0.15) is 6.04 Å². The average molecular weight is 482 g/mol. The van der Waals surface area contributed by atoms with Crippen molar-refractivity contribution in [3.8, 4) is 0 Å². The number of amides is 2. The van der Waals surface area contributed by atoms with Crippen LogP contribution in [0.3, 0.4) is 0 Å². The van der Waals surface area contributed by atoms with E-state index in [2.05, 4.69) is 11.5 Å². The van der Waals surface area contributed by atoms with Gasteiger partial charge in [0, 0.05) is 37.5 Å². The number of hydrogen-bond donors (Lipinski definition) is 2. The molecule has 10 heteroatoms. The van der Waals surface area contributed by atoms with E-state index in [9.17, 15) is 24.6 Å².